The van der Waals surface area contributed by atoms with Crippen LogP contribution in [0.4, 0.5) is 0 Å². The molecule has 1 saturated heterocycles. The summed E-state index contributed by atoms with van der Waals surface area (Å²) in [7, 11) is 2.03. The molecule has 0 atom stereocenters. The Balaban J connectivity index is 1.58. The van der Waals surface area contributed by atoms with E-state index in [-0.39, 0.29) is 0 Å². The molecule has 108 valence electrons. The average Bonchev–Trinajstić information content (AvgIpc) is 2.97. The largest absolute Gasteiger partial charge is 0.315 e. The minimum Gasteiger partial charge on any atom is -0.315 e. The van der Waals surface area contributed by atoms with Crippen molar-refractivity contribution in [2.75, 3.05) is 32.7 Å². The summed E-state index contributed by atoms with van der Waals surface area (Å²) in [6, 6.07) is 0. The quantitative estimate of drug-likeness (QED) is 0.760. The second-order valence-corrected chi connectivity index (χ2v) is 5.68. The lowest BCUT2D eigenvalue weighted by Crippen LogP contribution is -2.30. The predicted octanol–water partition coefficient (Wildman–Crippen LogP) is 1.65. The van der Waals surface area contributed by atoms with E-state index >= 15 is 0 Å². The van der Waals surface area contributed by atoms with E-state index < -0.39 is 0 Å². The van der Waals surface area contributed by atoms with E-state index in [1.54, 1.807) is 0 Å². The van der Waals surface area contributed by atoms with Gasteiger partial charge in [-0.15, -0.1) is 0 Å². The monoisotopic (exact) mass is 264 g/mol. The van der Waals surface area contributed by atoms with Crippen molar-refractivity contribution < 1.29 is 0 Å². The van der Waals surface area contributed by atoms with E-state index in [2.05, 4.69) is 29.2 Å². The Morgan fingerprint density at radius 1 is 1.16 bits per heavy atom. The topological polar surface area (TPSA) is 33.1 Å². The van der Waals surface area contributed by atoms with Crippen LogP contribution in [0.2, 0.25) is 0 Å². The molecule has 1 fully saturated rings. The third-order valence-corrected chi connectivity index (χ3v) is 4.24. The van der Waals surface area contributed by atoms with E-state index in [1.807, 2.05) is 11.7 Å². The molecule has 0 aromatic carbocycles. The maximum Gasteiger partial charge on any atom is 0.0628 e. The van der Waals surface area contributed by atoms with Gasteiger partial charge in [0.15, 0.2) is 0 Å². The number of nitrogens with one attached hydrogen (secondary N) is 1. The molecular formula is C15H28N4. The van der Waals surface area contributed by atoms with Crippen LogP contribution >= 0.6 is 0 Å². The molecule has 0 radical (unpaired) electrons. The smallest absolute Gasteiger partial charge is 0.0628 e. The Morgan fingerprint density at radius 2 is 1.89 bits per heavy atom. The van der Waals surface area contributed by atoms with Crippen LogP contribution in [-0.4, -0.2) is 47.4 Å². The third-order valence-electron chi connectivity index (χ3n) is 4.24. The van der Waals surface area contributed by atoms with Gasteiger partial charge >= 0.3 is 0 Å². The molecule has 1 aliphatic heterocycles. The average molecular weight is 264 g/mol. The molecular weight excluding hydrogens is 236 g/mol. The fourth-order valence-electron chi connectivity index (χ4n) is 2.94. The summed E-state index contributed by atoms with van der Waals surface area (Å²) >= 11 is 0. The Bertz CT molecular complexity index is 391. The number of nitrogens with zero attached hydrogens (tertiary/aromatic N) is 3. The van der Waals surface area contributed by atoms with Crippen molar-refractivity contribution in [3.63, 3.8) is 0 Å². The molecule has 0 saturated carbocycles. The molecule has 4 nitrogen and oxygen atoms in total. The number of aromatic nitrogens is 2. The van der Waals surface area contributed by atoms with Crippen molar-refractivity contribution in [2.45, 2.75) is 39.5 Å². The zero-order valence-corrected chi connectivity index (χ0v) is 12.7. The van der Waals surface area contributed by atoms with Gasteiger partial charge in [-0.25, -0.2) is 0 Å². The maximum absolute atomic E-state index is 4.47. The Hall–Kier alpha value is -0.870. The van der Waals surface area contributed by atoms with Crippen molar-refractivity contribution in [3.05, 3.63) is 17.0 Å². The molecule has 0 bridgehead atoms. The molecule has 0 aliphatic carbocycles. The number of likely N-dealkylation sites (tertiary alicyclic amines) is 1. The molecule has 1 N–H and O–H groups in total. The second-order valence-electron chi connectivity index (χ2n) is 5.68. The Kier molecular flexibility index (Phi) is 5.40. The van der Waals surface area contributed by atoms with Crippen LogP contribution in [0.3, 0.4) is 0 Å². The molecule has 4 heteroatoms. The second kappa shape index (κ2) is 7.06. The number of hydrogen-bond donors (Lipinski definition) is 1. The van der Waals surface area contributed by atoms with E-state index in [9.17, 15) is 0 Å². The van der Waals surface area contributed by atoms with Crippen LogP contribution in [0.1, 0.15) is 36.2 Å². The summed E-state index contributed by atoms with van der Waals surface area (Å²) in [4.78, 5) is 2.56. The first kappa shape index (κ1) is 14.5. The van der Waals surface area contributed by atoms with Gasteiger partial charge in [0, 0.05) is 25.8 Å². The Labute approximate surface area is 117 Å². The fourth-order valence-corrected chi connectivity index (χ4v) is 2.94. The number of aryl methyl sites for hydroxylation is 2. The lowest BCUT2D eigenvalue weighted by atomic mass is 10.1. The van der Waals surface area contributed by atoms with Gasteiger partial charge in [-0.3, -0.25) is 4.68 Å². The van der Waals surface area contributed by atoms with Gasteiger partial charge in [-0.05, 0) is 64.7 Å². The van der Waals surface area contributed by atoms with E-state index in [4.69, 9.17) is 0 Å². The van der Waals surface area contributed by atoms with Gasteiger partial charge in [0.1, 0.15) is 0 Å². The van der Waals surface area contributed by atoms with Gasteiger partial charge in [-0.2, -0.15) is 5.10 Å². The summed E-state index contributed by atoms with van der Waals surface area (Å²) in [6.07, 6.45) is 5.12. The summed E-state index contributed by atoms with van der Waals surface area (Å²) in [5.41, 5.74) is 3.94. The van der Waals surface area contributed by atoms with Crippen LogP contribution < -0.4 is 5.32 Å². The molecule has 2 heterocycles. The lowest BCUT2D eigenvalue weighted by Gasteiger charge is -2.14. The summed E-state index contributed by atoms with van der Waals surface area (Å²) in [5.74, 6) is 0. The van der Waals surface area contributed by atoms with Crippen molar-refractivity contribution in [1.29, 1.82) is 0 Å². The third kappa shape index (κ3) is 4.05. The van der Waals surface area contributed by atoms with Crippen LogP contribution in [0, 0.1) is 13.8 Å². The summed E-state index contributed by atoms with van der Waals surface area (Å²) < 4.78 is 1.99. The normalized spacial score (nSPS) is 16.4. The first-order valence-corrected chi connectivity index (χ1v) is 7.60. The number of hydrogen-bond acceptors (Lipinski definition) is 3. The minimum absolute atomic E-state index is 1.11. The first-order valence-electron chi connectivity index (χ1n) is 7.60. The van der Waals surface area contributed by atoms with Crippen LogP contribution in [-0.2, 0) is 13.5 Å². The fraction of sp³-hybridized carbons (Fsp3) is 0.800. The minimum atomic E-state index is 1.11. The van der Waals surface area contributed by atoms with Gasteiger partial charge < -0.3 is 10.2 Å². The van der Waals surface area contributed by atoms with Gasteiger partial charge in [0.2, 0.25) is 0 Å². The van der Waals surface area contributed by atoms with Crippen molar-refractivity contribution in [3.8, 4) is 0 Å². The lowest BCUT2D eigenvalue weighted by molar-refractivity contribution is 0.336. The van der Waals surface area contributed by atoms with E-state index in [1.165, 1.54) is 55.8 Å². The van der Waals surface area contributed by atoms with Crippen LogP contribution in [0.5, 0.6) is 0 Å². The van der Waals surface area contributed by atoms with Crippen LogP contribution in [0.15, 0.2) is 0 Å². The molecule has 19 heavy (non-hydrogen) atoms. The van der Waals surface area contributed by atoms with Crippen LogP contribution in [0.25, 0.3) is 0 Å². The van der Waals surface area contributed by atoms with Crippen molar-refractivity contribution in [1.82, 2.24) is 20.0 Å². The molecule has 1 aliphatic rings. The highest BCUT2D eigenvalue weighted by molar-refractivity contribution is 5.24. The molecule has 0 amide bonds. The van der Waals surface area contributed by atoms with E-state index in [0.717, 1.165) is 19.5 Å². The zero-order chi connectivity index (χ0) is 13.7. The highest BCUT2D eigenvalue weighted by Crippen LogP contribution is 2.13. The molecule has 0 unspecified atom stereocenters. The Morgan fingerprint density at radius 3 is 2.53 bits per heavy atom. The van der Waals surface area contributed by atoms with Gasteiger partial charge in [0.05, 0.1) is 5.69 Å². The standard InChI is InChI=1S/C15H28N4/c1-13-15(14(2)18(3)17-13)7-6-8-16-9-12-19-10-4-5-11-19/h16H,4-12H2,1-3H3. The molecule has 1 aromatic heterocycles. The predicted molar refractivity (Wildman–Crippen MR) is 79.5 cm³/mol. The summed E-state index contributed by atoms with van der Waals surface area (Å²) in [6.45, 7) is 10.3. The van der Waals surface area contributed by atoms with Crippen molar-refractivity contribution >= 4 is 0 Å². The SMILES string of the molecule is Cc1nn(C)c(C)c1CCCNCCN1CCCC1. The molecule has 1 aromatic rings. The molecule has 0 spiro atoms. The highest BCUT2D eigenvalue weighted by atomic mass is 15.3. The van der Waals surface area contributed by atoms with E-state index in [0.29, 0.717) is 0 Å². The zero-order valence-electron chi connectivity index (χ0n) is 12.7. The highest BCUT2D eigenvalue weighted by Gasteiger charge is 2.10. The van der Waals surface area contributed by atoms with Gasteiger partial charge in [-0.1, -0.05) is 0 Å². The van der Waals surface area contributed by atoms with Gasteiger partial charge in [0.25, 0.3) is 0 Å². The number of rotatable bonds is 7. The van der Waals surface area contributed by atoms with Crippen molar-refractivity contribution in [2.24, 2.45) is 7.05 Å². The summed E-state index contributed by atoms with van der Waals surface area (Å²) in [5, 5.41) is 8.03. The first-order chi connectivity index (χ1) is 9.18. The molecule has 2 rings (SSSR count). The maximum atomic E-state index is 4.47.